The second kappa shape index (κ2) is 5.73. The van der Waals surface area contributed by atoms with Crippen LogP contribution >= 0.6 is 0 Å². The van der Waals surface area contributed by atoms with Crippen LogP contribution in [0.15, 0.2) is 35.1 Å². The van der Waals surface area contributed by atoms with Crippen LogP contribution in [-0.4, -0.2) is 22.7 Å². The van der Waals surface area contributed by atoms with E-state index >= 15 is 0 Å². The van der Waals surface area contributed by atoms with Gasteiger partial charge in [-0.1, -0.05) is 12.1 Å². The van der Waals surface area contributed by atoms with E-state index in [0.717, 1.165) is 16.6 Å². The second-order valence-electron chi connectivity index (χ2n) is 5.38. The van der Waals surface area contributed by atoms with Gasteiger partial charge in [-0.05, 0) is 43.2 Å². The van der Waals surface area contributed by atoms with Crippen molar-refractivity contribution in [2.45, 2.75) is 13.8 Å². The van der Waals surface area contributed by atoms with Crippen molar-refractivity contribution in [3.8, 4) is 0 Å². The first-order valence-corrected chi connectivity index (χ1v) is 7.13. The largest absolute Gasteiger partial charge is 0.479 e. The van der Waals surface area contributed by atoms with Crippen LogP contribution in [0, 0.1) is 13.8 Å². The number of aromatic amines is 1. The van der Waals surface area contributed by atoms with Gasteiger partial charge in [0, 0.05) is 16.3 Å². The molecule has 0 spiro atoms. The molecule has 3 rings (SSSR count). The summed E-state index contributed by atoms with van der Waals surface area (Å²) in [5.74, 6) is -1.06. The van der Waals surface area contributed by atoms with Crippen molar-refractivity contribution in [3.63, 3.8) is 0 Å². The fraction of sp³-hybridized carbons (Fsp3) is 0.176. The number of carboxylic acids is 1. The average Bonchev–Trinajstić information content (AvgIpc) is 2.51. The van der Waals surface area contributed by atoms with Crippen LogP contribution < -0.4 is 10.9 Å². The summed E-state index contributed by atoms with van der Waals surface area (Å²) in [6.45, 7) is 3.27. The van der Waals surface area contributed by atoms with Gasteiger partial charge < -0.3 is 10.1 Å². The van der Waals surface area contributed by atoms with Gasteiger partial charge in [0.2, 0.25) is 0 Å². The van der Waals surface area contributed by atoms with E-state index in [1.165, 1.54) is 0 Å². The molecule has 3 aromatic rings. The molecule has 23 heavy (non-hydrogen) atoms. The molecular formula is C17H16N2O4. The highest BCUT2D eigenvalue weighted by Gasteiger charge is 2.13. The molecule has 6 nitrogen and oxygen atoms in total. The minimum absolute atomic E-state index is 0.0204. The molecule has 0 aliphatic carbocycles. The second-order valence-corrected chi connectivity index (χ2v) is 5.38. The highest BCUT2D eigenvalue weighted by Crippen LogP contribution is 2.27. The molecule has 1 heterocycles. The number of hydrogen-bond acceptors (Lipinski definition) is 4. The summed E-state index contributed by atoms with van der Waals surface area (Å²) < 4.78 is 0. The van der Waals surface area contributed by atoms with E-state index < -0.39 is 12.6 Å². The molecule has 0 saturated carbocycles. The number of carboxylic acid groups (broad SMARTS) is 1. The van der Waals surface area contributed by atoms with E-state index in [1.807, 2.05) is 32.0 Å². The summed E-state index contributed by atoms with van der Waals surface area (Å²) in [4.78, 5) is 31.4. The van der Waals surface area contributed by atoms with Crippen LogP contribution in [0.2, 0.25) is 0 Å². The van der Waals surface area contributed by atoms with E-state index in [2.05, 4.69) is 10.5 Å². The molecule has 0 radical (unpaired) electrons. The van der Waals surface area contributed by atoms with Crippen molar-refractivity contribution in [1.82, 2.24) is 4.98 Å². The molecule has 1 aromatic heterocycles. The third kappa shape index (κ3) is 2.64. The van der Waals surface area contributed by atoms with E-state index in [9.17, 15) is 9.59 Å². The highest BCUT2D eigenvalue weighted by molar-refractivity contribution is 5.96. The number of pyridine rings is 1. The Morgan fingerprint density at radius 2 is 1.96 bits per heavy atom. The van der Waals surface area contributed by atoms with Crippen molar-refractivity contribution in [3.05, 3.63) is 51.7 Å². The molecule has 0 unspecified atom stereocenters. The van der Waals surface area contributed by atoms with Crippen molar-refractivity contribution in [1.29, 1.82) is 0 Å². The number of aromatic nitrogens is 1. The van der Waals surface area contributed by atoms with Crippen LogP contribution in [0.3, 0.4) is 0 Å². The normalized spacial score (nSPS) is 11.0. The molecule has 0 saturated heterocycles. The number of aliphatic carboxylic acids is 1. The van der Waals surface area contributed by atoms with Gasteiger partial charge in [0.15, 0.2) is 12.0 Å². The summed E-state index contributed by atoms with van der Waals surface area (Å²) in [6, 6.07) is 9.10. The summed E-state index contributed by atoms with van der Waals surface area (Å²) in [7, 11) is 0. The van der Waals surface area contributed by atoms with Crippen LogP contribution in [0.5, 0.6) is 0 Å². The predicted octanol–water partition coefficient (Wildman–Crippen LogP) is 2.73. The lowest BCUT2D eigenvalue weighted by atomic mass is 10.00. The van der Waals surface area contributed by atoms with Gasteiger partial charge in [0.05, 0.1) is 11.2 Å². The first kappa shape index (κ1) is 15.1. The third-order valence-electron chi connectivity index (χ3n) is 3.95. The van der Waals surface area contributed by atoms with Gasteiger partial charge in [-0.15, -0.1) is 0 Å². The Kier molecular flexibility index (Phi) is 3.75. The zero-order valence-corrected chi connectivity index (χ0v) is 12.8. The molecular weight excluding hydrogens is 296 g/mol. The van der Waals surface area contributed by atoms with Crippen molar-refractivity contribution in [2.75, 3.05) is 12.1 Å². The zero-order chi connectivity index (χ0) is 16.6. The molecule has 0 bridgehead atoms. The summed E-state index contributed by atoms with van der Waals surface area (Å²) >= 11 is 0. The summed E-state index contributed by atoms with van der Waals surface area (Å²) in [5, 5.41) is 9.90. The lowest BCUT2D eigenvalue weighted by Gasteiger charge is -2.14. The summed E-state index contributed by atoms with van der Waals surface area (Å²) in [6.07, 6.45) is 0. The molecule has 0 aliphatic rings. The van der Waals surface area contributed by atoms with Gasteiger partial charge in [-0.25, -0.2) is 4.79 Å². The third-order valence-corrected chi connectivity index (χ3v) is 3.95. The lowest BCUT2D eigenvalue weighted by molar-refractivity contribution is -0.141. The van der Waals surface area contributed by atoms with Gasteiger partial charge >= 0.3 is 5.97 Å². The number of nitrogens with one attached hydrogen (secondary N) is 2. The van der Waals surface area contributed by atoms with Crippen molar-refractivity contribution in [2.24, 2.45) is 0 Å². The standard InChI is InChI=1S/C17H16N2O4/c1-9-10(2)16-14(7-13(9)19-23-8-15(20)21)18-12-6-4-3-5-11(12)17(16)22/h3-7,19H,8H2,1-2H3,(H,18,22)(H,20,21). The SMILES string of the molecule is Cc1c(NOCC(=O)O)cc2[nH]c3ccccc3c(=O)c2c1C. The van der Waals surface area contributed by atoms with Gasteiger partial charge in [0.1, 0.15) is 0 Å². The molecule has 0 fully saturated rings. The molecule has 3 N–H and O–H groups in total. The number of hydrogen-bond donors (Lipinski definition) is 3. The number of rotatable bonds is 4. The maximum absolute atomic E-state index is 12.7. The van der Waals surface area contributed by atoms with Gasteiger partial charge in [0.25, 0.3) is 0 Å². The Morgan fingerprint density at radius 1 is 1.22 bits per heavy atom. The minimum Gasteiger partial charge on any atom is -0.479 e. The van der Waals surface area contributed by atoms with Crippen LogP contribution in [0.4, 0.5) is 5.69 Å². The quantitative estimate of drug-likeness (QED) is 0.509. The Morgan fingerprint density at radius 3 is 2.70 bits per heavy atom. The smallest absolute Gasteiger partial charge is 0.332 e. The van der Waals surface area contributed by atoms with Gasteiger partial charge in [-0.2, -0.15) is 0 Å². The number of para-hydroxylation sites is 1. The highest BCUT2D eigenvalue weighted by atomic mass is 16.7. The fourth-order valence-corrected chi connectivity index (χ4v) is 2.66. The van der Waals surface area contributed by atoms with Crippen LogP contribution in [-0.2, 0) is 9.63 Å². The molecule has 118 valence electrons. The Labute approximate surface area is 131 Å². The van der Waals surface area contributed by atoms with E-state index in [1.54, 1.807) is 12.1 Å². The van der Waals surface area contributed by atoms with Crippen molar-refractivity contribution < 1.29 is 14.7 Å². The average molecular weight is 312 g/mol. The number of fused-ring (bicyclic) bond motifs is 2. The zero-order valence-electron chi connectivity index (χ0n) is 12.8. The van der Waals surface area contributed by atoms with Crippen LogP contribution in [0.1, 0.15) is 11.1 Å². The molecule has 0 aliphatic heterocycles. The van der Waals surface area contributed by atoms with E-state index in [0.29, 0.717) is 22.0 Å². The number of carbonyl (C=O) groups is 1. The van der Waals surface area contributed by atoms with E-state index in [4.69, 9.17) is 9.94 Å². The van der Waals surface area contributed by atoms with Crippen molar-refractivity contribution >= 4 is 33.5 Å². The Balaban J connectivity index is 2.19. The van der Waals surface area contributed by atoms with Crippen LogP contribution in [0.25, 0.3) is 21.8 Å². The minimum atomic E-state index is -1.06. The fourth-order valence-electron chi connectivity index (χ4n) is 2.66. The number of H-pyrrole nitrogens is 1. The number of benzene rings is 2. The molecule has 2 aromatic carbocycles. The maximum Gasteiger partial charge on any atom is 0.332 e. The Hall–Kier alpha value is -2.86. The van der Waals surface area contributed by atoms with E-state index in [-0.39, 0.29) is 5.43 Å². The molecule has 0 atom stereocenters. The lowest BCUT2D eigenvalue weighted by Crippen LogP contribution is -2.13. The predicted molar refractivity (Wildman–Crippen MR) is 88.8 cm³/mol. The molecule has 0 amide bonds. The Bertz CT molecular complexity index is 976. The van der Waals surface area contributed by atoms with Gasteiger partial charge in [-0.3, -0.25) is 15.1 Å². The monoisotopic (exact) mass is 312 g/mol. The first-order valence-electron chi connectivity index (χ1n) is 7.13. The maximum atomic E-state index is 12.7. The first-order chi connectivity index (χ1) is 11.0. The number of aryl methyl sites for hydroxylation is 1. The topological polar surface area (TPSA) is 91.4 Å². The summed E-state index contributed by atoms with van der Waals surface area (Å²) in [5.41, 5.74) is 6.35. The molecule has 6 heteroatoms. The number of anilines is 1.